The van der Waals surface area contributed by atoms with Crippen LogP contribution in [0.1, 0.15) is 28.4 Å². The summed E-state index contributed by atoms with van der Waals surface area (Å²) in [7, 11) is 0. The number of nitrogens with zero attached hydrogens (tertiary/aromatic N) is 2. The number of nitrogens with one attached hydrogen (secondary N) is 1. The lowest BCUT2D eigenvalue weighted by atomic mass is 10.0. The minimum absolute atomic E-state index is 0.0668. The Morgan fingerprint density at radius 3 is 2.38 bits per heavy atom. The molecule has 1 N–H and O–H groups in total. The Morgan fingerprint density at radius 2 is 1.71 bits per heavy atom. The molecule has 2 amide bonds. The lowest BCUT2D eigenvalue weighted by molar-refractivity contribution is -0.274. The summed E-state index contributed by atoms with van der Waals surface area (Å²) in [4.78, 5) is 40.5. The number of halogens is 3. The van der Waals surface area contributed by atoms with Gasteiger partial charge in [0.1, 0.15) is 11.9 Å². The average molecular weight is 477 g/mol. The highest BCUT2D eigenvalue weighted by Crippen LogP contribution is 2.33. The van der Waals surface area contributed by atoms with Crippen LogP contribution in [0.4, 0.5) is 18.9 Å². The van der Waals surface area contributed by atoms with Crippen molar-refractivity contribution >= 4 is 23.5 Å². The lowest BCUT2D eigenvalue weighted by Crippen LogP contribution is -2.50. The molecule has 2 aromatic carbocycles. The fourth-order valence-electron chi connectivity index (χ4n) is 3.96. The first-order chi connectivity index (χ1) is 16.2. The summed E-state index contributed by atoms with van der Waals surface area (Å²) in [5, 5.41) is 2.63. The van der Waals surface area contributed by atoms with Gasteiger partial charge in [-0.25, -0.2) is 4.79 Å². The molecule has 0 bridgehead atoms. The van der Waals surface area contributed by atoms with Crippen LogP contribution in [0, 0.1) is 0 Å². The third kappa shape index (κ3) is 5.84. The predicted octanol–water partition coefficient (Wildman–Crippen LogP) is 2.97. The molecule has 1 unspecified atom stereocenters. The van der Waals surface area contributed by atoms with Crippen LogP contribution in [-0.4, -0.2) is 66.7 Å². The second-order valence-electron chi connectivity index (χ2n) is 7.96. The van der Waals surface area contributed by atoms with Gasteiger partial charge in [0.2, 0.25) is 11.8 Å². The van der Waals surface area contributed by atoms with Crippen LogP contribution in [-0.2, 0) is 14.3 Å². The molecule has 2 aliphatic rings. The van der Waals surface area contributed by atoms with E-state index in [9.17, 15) is 27.6 Å². The number of piperazine rings is 1. The molecular weight excluding hydrogens is 455 g/mol. The van der Waals surface area contributed by atoms with Gasteiger partial charge in [-0.15, -0.1) is 13.2 Å². The maximum absolute atomic E-state index is 12.7. The van der Waals surface area contributed by atoms with Crippen molar-refractivity contribution in [2.75, 3.05) is 38.0 Å². The van der Waals surface area contributed by atoms with E-state index in [0.29, 0.717) is 43.0 Å². The molecule has 8 nitrogen and oxygen atoms in total. The number of hydrogen-bond donors (Lipinski definition) is 1. The highest BCUT2D eigenvalue weighted by atomic mass is 19.4. The molecule has 2 heterocycles. The van der Waals surface area contributed by atoms with E-state index in [1.807, 2.05) is 4.90 Å². The Hall–Kier alpha value is -3.60. The molecule has 2 aliphatic heterocycles. The SMILES string of the molecule is O=C(CN1CCN(C(=O)CC2OC(=O)c3ccccc32)CC1)Nc1ccc(OC(F)(F)F)cc1. The zero-order valence-corrected chi connectivity index (χ0v) is 18.0. The summed E-state index contributed by atoms with van der Waals surface area (Å²) in [6.45, 7) is 1.91. The third-order valence-electron chi connectivity index (χ3n) is 5.60. The Bertz CT molecular complexity index is 1070. The summed E-state index contributed by atoms with van der Waals surface area (Å²) in [6, 6.07) is 11.9. The van der Waals surface area contributed by atoms with Crippen LogP contribution in [0.3, 0.4) is 0 Å². The first kappa shape index (κ1) is 23.6. The molecule has 1 atom stereocenters. The molecule has 0 spiro atoms. The fraction of sp³-hybridized carbons (Fsp3) is 0.348. The minimum Gasteiger partial charge on any atom is -0.453 e. The van der Waals surface area contributed by atoms with Gasteiger partial charge >= 0.3 is 12.3 Å². The lowest BCUT2D eigenvalue weighted by Gasteiger charge is -2.34. The topological polar surface area (TPSA) is 88.2 Å². The summed E-state index contributed by atoms with van der Waals surface area (Å²) in [5.74, 6) is -1.24. The van der Waals surface area contributed by atoms with Gasteiger partial charge in [-0.2, -0.15) is 0 Å². The van der Waals surface area contributed by atoms with Crippen molar-refractivity contribution in [3.8, 4) is 5.75 Å². The van der Waals surface area contributed by atoms with Gasteiger partial charge in [0.05, 0.1) is 18.5 Å². The van der Waals surface area contributed by atoms with E-state index >= 15 is 0 Å². The van der Waals surface area contributed by atoms with Gasteiger partial charge < -0.3 is 19.7 Å². The number of rotatable bonds is 6. The molecule has 1 fully saturated rings. The predicted molar refractivity (Wildman–Crippen MR) is 114 cm³/mol. The number of hydrogen-bond acceptors (Lipinski definition) is 6. The largest absolute Gasteiger partial charge is 0.573 e. The van der Waals surface area contributed by atoms with Gasteiger partial charge in [0, 0.05) is 37.4 Å². The number of anilines is 1. The molecule has 4 rings (SSSR count). The highest BCUT2D eigenvalue weighted by molar-refractivity contribution is 5.95. The molecule has 11 heteroatoms. The van der Waals surface area contributed by atoms with Crippen LogP contribution in [0.5, 0.6) is 5.75 Å². The van der Waals surface area contributed by atoms with Gasteiger partial charge in [-0.1, -0.05) is 18.2 Å². The normalized spacial score (nSPS) is 18.3. The Balaban J connectivity index is 1.21. The number of carbonyl (C=O) groups is 3. The standard InChI is InChI=1S/C23H22F3N3O5/c24-23(25,26)34-16-7-5-15(6-8-16)27-20(30)14-28-9-11-29(12-10-28)21(31)13-19-17-3-1-2-4-18(17)22(32)33-19/h1-8,19H,9-14H2,(H,27,30). The third-order valence-corrected chi connectivity index (χ3v) is 5.60. The van der Waals surface area contributed by atoms with Crippen LogP contribution < -0.4 is 10.1 Å². The first-order valence-corrected chi connectivity index (χ1v) is 10.6. The van der Waals surface area contributed by atoms with E-state index < -0.39 is 18.4 Å². The summed E-state index contributed by atoms with van der Waals surface area (Å²) >= 11 is 0. The first-order valence-electron chi connectivity index (χ1n) is 10.6. The van der Waals surface area contributed by atoms with E-state index in [-0.39, 0.29) is 30.5 Å². The Kier molecular flexibility index (Phi) is 6.73. The summed E-state index contributed by atoms with van der Waals surface area (Å²) in [5.41, 5.74) is 1.55. The second kappa shape index (κ2) is 9.72. The van der Waals surface area contributed by atoms with E-state index in [4.69, 9.17) is 4.74 Å². The monoisotopic (exact) mass is 477 g/mol. The number of esters is 1. The zero-order chi connectivity index (χ0) is 24.3. The number of fused-ring (bicyclic) bond motifs is 1. The van der Waals surface area contributed by atoms with E-state index in [1.165, 1.54) is 12.1 Å². The van der Waals surface area contributed by atoms with Gasteiger partial charge in [-0.3, -0.25) is 14.5 Å². The number of benzene rings is 2. The van der Waals surface area contributed by atoms with Crippen molar-refractivity contribution in [2.24, 2.45) is 0 Å². The van der Waals surface area contributed by atoms with Crippen LogP contribution in [0.15, 0.2) is 48.5 Å². The zero-order valence-electron chi connectivity index (χ0n) is 18.0. The molecular formula is C23H22F3N3O5. The van der Waals surface area contributed by atoms with Crippen LogP contribution >= 0.6 is 0 Å². The van der Waals surface area contributed by atoms with E-state index in [2.05, 4.69) is 10.1 Å². The number of amides is 2. The van der Waals surface area contributed by atoms with E-state index in [0.717, 1.165) is 12.1 Å². The highest BCUT2D eigenvalue weighted by Gasteiger charge is 2.34. The van der Waals surface area contributed by atoms with Crippen molar-refractivity contribution < 1.29 is 37.0 Å². The molecule has 0 aliphatic carbocycles. The Morgan fingerprint density at radius 1 is 1.03 bits per heavy atom. The van der Waals surface area contributed by atoms with Crippen molar-refractivity contribution in [3.05, 3.63) is 59.7 Å². The quantitative estimate of drug-likeness (QED) is 0.644. The molecule has 34 heavy (non-hydrogen) atoms. The number of alkyl halides is 3. The maximum Gasteiger partial charge on any atom is 0.573 e. The van der Waals surface area contributed by atoms with Crippen molar-refractivity contribution in [1.29, 1.82) is 0 Å². The second-order valence-corrected chi connectivity index (χ2v) is 7.96. The van der Waals surface area contributed by atoms with Gasteiger partial charge in [-0.05, 0) is 30.3 Å². The molecule has 0 radical (unpaired) electrons. The van der Waals surface area contributed by atoms with Crippen molar-refractivity contribution in [2.45, 2.75) is 18.9 Å². The van der Waals surface area contributed by atoms with Crippen LogP contribution in [0.25, 0.3) is 0 Å². The minimum atomic E-state index is -4.78. The summed E-state index contributed by atoms with van der Waals surface area (Å²) < 4.78 is 45.8. The van der Waals surface area contributed by atoms with Crippen molar-refractivity contribution in [1.82, 2.24) is 9.80 Å². The Labute approximate surface area is 193 Å². The average Bonchev–Trinajstić information content (AvgIpc) is 3.10. The fourth-order valence-corrected chi connectivity index (χ4v) is 3.96. The molecule has 180 valence electrons. The summed E-state index contributed by atoms with van der Waals surface area (Å²) in [6.07, 6.45) is -5.30. The maximum atomic E-state index is 12.7. The number of cyclic esters (lactones) is 1. The number of ether oxygens (including phenoxy) is 2. The smallest absolute Gasteiger partial charge is 0.453 e. The van der Waals surface area contributed by atoms with Crippen LogP contribution in [0.2, 0.25) is 0 Å². The molecule has 1 saturated heterocycles. The van der Waals surface area contributed by atoms with Gasteiger partial charge in [0.25, 0.3) is 0 Å². The molecule has 0 saturated carbocycles. The van der Waals surface area contributed by atoms with E-state index in [1.54, 1.807) is 29.2 Å². The van der Waals surface area contributed by atoms with Gasteiger partial charge in [0.15, 0.2) is 0 Å². The van der Waals surface area contributed by atoms with Crippen molar-refractivity contribution in [3.63, 3.8) is 0 Å². The molecule has 2 aromatic rings. The number of carbonyl (C=O) groups excluding carboxylic acids is 3. The molecule has 0 aromatic heterocycles.